The number of hydrogen-bond acceptors (Lipinski definition) is 4. The van der Waals surface area contributed by atoms with Gasteiger partial charge in [-0.05, 0) is 56.4 Å². The molecule has 0 aliphatic carbocycles. The SMILES string of the molecule is COc1cc(C)c(C)cc1S(=O)(=O)NCCC1CCCO1. The van der Waals surface area contributed by atoms with Crippen molar-refractivity contribution >= 4 is 10.0 Å². The number of aryl methyl sites for hydroxylation is 2. The molecule has 1 atom stereocenters. The van der Waals surface area contributed by atoms with Crippen molar-refractivity contribution < 1.29 is 17.9 Å². The molecule has 2 rings (SSSR count). The van der Waals surface area contributed by atoms with Crippen LogP contribution in [-0.4, -0.2) is 34.8 Å². The first kappa shape index (κ1) is 16.3. The van der Waals surface area contributed by atoms with E-state index in [4.69, 9.17) is 9.47 Å². The van der Waals surface area contributed by atoms with Crippen LogP contribution in [0, 0.1) is 13.8 Å². The Morgan fingerprint density at radius 3 is 2.67 bits per heavy atom. The summed E-state index contributed by atoms with van der Waals surface area (Å²) in [6.07, 6.45) is 2.94. The summed E-state index contributed by atoms with van der Waals surface area (Å²) in [6, 6.07) is 3.41. The summed E-state index contributed by atoms with van der Waals surface area (Å²) in [6.45, 7) is 4.98. The zero-order valence-electron chi connectivity index (χ0n) is 12.8. The smallest absolute Gasteiger partial charge is 0.244 e. The van der Waals surface area contributed by atoms with Gasteiger partial charge in [-0.15, -0.1) is 0 Å². The third-order valence-electron chi connectivity index (χ3n) is 3.85. The molecule has 1 aliphatic heterocycles. The minimum absolute atomic E-state index is 0.175. The molecule has 5 nitrogen and oxygen atoms in total. The van der Waals surface area contributed by atoms with Gasteiger partial charge in [0.2, 0.25) is 10.0 Å². The lowest BCUT2D eigenvalue weighted by atomic mass is 10.1. The van der Waals surface area contributed by atoms with Gasteiger partial charge in [0, 0.05) is 13.2 Å². The second-order valence-corrected chi connectivity index (χ2v) is 7.14. The predicted molar refractivity (Wildman–Crippen MR) is 81.2 cm³/mol. The molecular formula is C15H23NO4S. The van der Waals surface area contributed by atoms with Crippen LogP contribution in [0.2, 0.25) is 0 Å². The molecule has 0 saturated carbocycles. The number of benzene rings is 1. The highest BCUT2D eigenvalue weighted by Gasteiger charge is 2.22. The van der Waals surface area contributed by atoms with Crippen molar-refractivity contribution in [1.29, 1.82) is 0 Å². The van der Waals surface area contributed by atoms with E-state index in [1.165, 1.54) is 7.11 Å². The van der Waals surface area contributed by atoms with Crippen molar-refractivity contribution in [2.75, 3.05) is 20.3 Å². The summed E-state index contributed by atoms with van der Waals surface area (Å²) < 4.78 is 38.2. The second kappa shape index (κ2) is 6.77. The second-order valence-electron chi connectivity index (χ2n) is 5.41. The van der Waals surface area contributed by atoms with E-state index in [1.54, 1.807) is 12.1 Å². The first-order valence-corrected chi connectivity index (χ1v) is 8.69. The molecule has 1 saturated heterocycles. The van der Waals surface area contributed by atoms with Gasteiger partial charge in [0.15, 0.2) is 0 Å². The van der Waals surface area contributed by atoms with E-state index >= 15 is 0 Å². The number of methoxy groups -OCH3 is 1. The Bertz CT molecular complexity index is 592. The summed E-state index contributed by atoms with van der Waals surface area (Å²) in [4.78, 5) is 0.195. The number of hydrogen-bond donors (Lipinski definition) is 1. The van der Waals surface area contributed by atoms with Gasteiger partial charge < -0.3 is 9.47 Å². The number of ether oxygens (including phenoxy) is 2. The van der Waals surface area contributed by atoms with Gasteiger partial charge >= 0.3 is 0 Å². The Morgan fingerprint density at radius 1 is 1.33 bits per heavy atom. The topological polar surface area (TPSA) is 64.6 Å². The van der Waals surface area contributed by atoms with Crippen molar-refractivity contribution in [3.63, 3.8) is 0 Å². The minimum Gasteiger partial charge on any atom is -0.495 e. The van der Waals surface area contributed by atoms with Gasteiger partial charge in [-0.3, -0.25) is 0 Å². The lowest BCUT2D eigenvalue weighted by Crippen LogP contribution is -2.27. The van der Waals surface area contributed by atoms with E-state index < -0.39 is 10.0 Å². The normalized spacial score (nSPS) is 18.9. The quantitative estimate of drug-likeness (QED) is 0.874. The van der Waals surface area contributed by atoms with Crippen LogP contribution in [-0.2, 0) is 14.8 Å². The highest BCUT2D eigenvalue weighted by molar-refractivity contribution is 7.89. The zero-order valence-corrected chi connectivity index (χ0v) is 13.6. The van der Waals surface area contributed by atoms with Crippen LogP contribution < -0.4 is 9.46 Å². The molecule has 1 unspecified atom stereocenters. The molecule has 0 radical (unpaired) electrons. The van der Waals surface area contributed by atoms with Crippen molar-refractivity contribution in [3.05, 3.63) is 23.3 Å². The molecule has 1 aliphatic rings. The molecular weight excluding hydrogens is 290 g/mol. The molecule has 1 N–H and O–H groups in total. The van der Waals surface area contributed by atoms with Crippen LogP contribution in [0.5, 0.6) is 5.75 Å². The lowest BCUT2D eigenvalue weighted by molar-refractivity contribution is 0.105. The van der Waals surface area contributed by atoms with E-state index in [1.807, 2.05) is 13.8 Å². The fourth-order valence-corrected chi connectivity index (χ4v) is 3.72. The standard InChI is InChI=1S/C15H23NO4S/c1-11-9-14(19-3)15(10-12(11)2)21(17,18)16-7-6-13-5-4-8-20-13/h9-10,13,16H,4-8H2,1-3H3. The average molecular weight is 313 g/mol. The number of sulfonamides is 1. The van der Waals surface area contributed by atoms with Gasteiger partial charge in [-0.25, -0.2) is 13.1 Å². The largest absolute Gasteiger partial charge is 0.495 e. The van der Waals surface area contributed by atoms with Crippen molar-refractivity contribution in [3.8, 4) is 5.75 Å². The molecule has 0 bridgehead atoms. The van der Waals surface area contributed by atoms with E-state index in [9.17, 15) is 8.42 Å². The van der Waals surface area contributed by atoms with Gasteiger partial charge in [0.1, 0.15) is 10.6 Å². The molecule has 6 heteroatoms. The van der Waals surface area contributed by atoms with Crippen LogP contribution in [0.1, 0.15) is 30.4 Å². The van der Waals surface area contributed by atoms with Crippen LogP contribution in [0.3, 0.4) is 0 Å². The van der Waals surface area contributed by atoms with Gasteiger partial charge in [0.05, 0.1) is 13.2 Å². The molecule has 21 heavy (non-hydrogen) atoms. The fourth-order valence-electron chi connectivity index (χ4n) is 2.44. The van der Waals surface area contributed by atoms with Crippen molar-refractivity contribution in [1.82, 2.24) is 4.72 Å². The van der Waals surface area contributed by atoms with Gasteiger partial charge in [-0.1, -0.05) is 0 Å². The Labute approximate surface area is 126 Å². The Kier molecular flexibility index (Phi) is 5.24. The van der Waals surface area contributed by atoms with Crippen LogP contribution in [0.15, 0.2) is 17.0 Å². The summed E-state index contributed by atoms with van der Waals surface area (Å²) in [5.74, 6) is 0.378. The maximum atomic E-state index is 12.4. The molecule has 118 valence electrons. The molecule has 1 aromatic rings. The predicted octanol–water partition coefficient (Wildman–Crippen LogP) is 2.16. The average Bonchev–Trinajstić information content (AvgIpc) is 2.94. The highest BCUT2D eigenvalue weighted by Crippen LogP contribution is 2.27. The summed E-state index contributed by atoms with van der Waals surface area (Å²) in [5, 5.41) is 0. The maximum Gasteiger partial charge on any atom is 0.244 e. The Morgan fingerprint density at radius 2 is 2.05 bits per heavy atom. The van der Waals surface area contributed by atoms with E-state index in [0.717, 1.165) is 30.6 Å². The third-order valence-corrected chi connectivity index (χ3v) is 5.33. The Hall–Kier alpha value is -1.11. The lowest BCUT2D eigenvalue weighted by Gasteiger charge is -2.14. The first-order chi connectivity index (χ1) is 9.94. The van der Waals surface area contributed by atoms with E-state index in [-0.39, 0.29) is 11.0 Å². The van der Waals surface area contributed by atoms with Crippen LogP contribution in [0.25, 0.3) is 0 Å². The molecule has 1 heterocycles. The zero-order chi connectivity index (χ0) is 15.5. The summed E-state index contributed by atoms with van der Waals surface area (Å²) in [5.41, 5.74) is 1.93. The summed E-state index contributed by atoms with van der Waals surface area (Å²) in [7, 11) is -2.08. The first-order valence-electron chi connectivity index (χ1n) is 7.20. The molecule has 0 spiro atoms. The van der Waals surface area contributed by atoms with Gasteiger partial charge in [-0.2, -0.15) is 0 Å². The van der Waals surface area contributed by atoms with Crippen molar-refractivity contribution in [2.45, 2.75) is 44.1 Å². The van der Waals surface area contributed by atoms with Crippen LogP contribution >= 0.6 is 0 Å². The van der Waals surface area contributed by atoms with Crippen molar-refractivity contribution in [2.24, 2.45) is 0 Å². The highest BCUT2D eigenvalue weighted by atomic mass is 32.2. The maximum absolute atomic E-state index is 12.4. The fraction of sp³-hybridized carbons (Fsp3) is 0.600. The van der Waals surface area contributed by atoms with Gasteiger partial charge in [0.25, 0.3) is 0 Å². The third kappa shape index (κ3) is 3.96. The molecule has 1 fully saturated rings. The molecule has 0 amide bonds. The molecule has 1 aromatic carbocycles. The Balaban J connectivity index is 2.09. The molecule has 0 aromatic heterocycles. The number of rotatable bonds is 6. The van der Waals surface area contributed by atoms with E-state index in [2.05, 4.69) is 4.72 Å². The minimum atomic E-state index is -3.56. The van der Waals surface area contributed by atoms with E-state index in [0.29, 0.717) is 18.7 Å². The summed E-state index contributed by atoms with van der Waals surface area (Å²) >= 11 is 0. The number of nitrogens with one attached hydrogen (secondary N) is 1. The monoisotopic (exact) mass is 313 g/mol. The van der Waals surface area contributed by atoms with Crippen LogP contribution in [0.4, 0.5) is 0 Å².